The van der Waals surface area contributed by atoms with Crippen LogP contribution in [0.2, 0.25) is 5.02 Å². The van der Waals surface area contributed by atoms with Gasteiger partial charge in [0, 0.05) is 22.7 Å². The van der Waals surface area contributed by atoms with Crippen LogP contribution in [0.25, 0.3) is 0 Å². The molecule has 7 heteroatoms. The van der Waals surface area contributed by atoms with E-state index < -0.39 is 9.84 Å². The van der Waals surface area contributed by atoms with E-state index in [1.807, 2.05) is 0 Å². The highest BCUT2D eigenvalue weighted by molar-refractivity contribution is 7.90. The van der Waals surface area contributed by atoms with Gasteiger partial charge in [-0.2, -0.15) is 0 Å². The zero-order valence-corrected chi connectivity index (χ0v) is 13.4. The first-order chi connectivity index (χ1) is 10.3. The molecule has 0 aromatic heterocycles. The average Bonchev–Trinajstić information content (AvgIpc) is 2.46. The Kier molecular flexibility index (Phi) is 5.05. The minimum Gasteiger partial charge on any atom is -0.376 e. The molecule has 5 nitrogen and oxygen atoms in total. The molecular weight excluding hydrogens is 324 g/mol. The van der Waals surface area contributed by atoms with Crippen LogP contribution in [0.15, 0.2) is 53.4 Å². The highest BCUT2D eigenvalue weighted by atomic mass is 35.5. The Morgan fingerprint density at radius 2 is 1.55 bits per heavy atom. The summed E-state index contributed by atoms with van der Waals surface area (Å²) in [4.78, 5) is 12.0. The Hall–Kier alpha value is -2.05. The maximum atomic E-state index is 11.8. The average molecular weight is 339 g/mol. The Morgan fingerprint density at radius 3 is 2.09 bits per heavy atom. The van der Waals surface area contributed by atoms with E-state index in [4.69, 9.17) is 11.6 Å². The summed E-state index contributed by atoms with van der Waals surface area (Å²) in [6.45, 7) is 0.0927. The Morgan fingerprint density at radius 1 is 1.00 bits per heavy atom. The number of amides is 1. The monoisotopic (exact) mass is 338 g/mol. The van der Waals surface area contributed by atoms with Gasteiger partial charge in [0.2, 0.25) is 5.91 Å². The van der Waals surface area contributed by atoms with E-state index in [-0.39, 0.29) is 17.3 Å². The third-order valence-electron chi connectivity index (χ3n) is 2.86. The molecule has 0 aliphatic heterocycles. The molecular formula is C15H15ClN2O3S. The molecule has 0 saturated heterocycles. The van der Waals surface area contributed by atoms with Gasteiger partial charge >= 0.3 is 0 Å². The SMILES string of the molecule is CS(=O)(=O)c1ccc(NC(=O)CNc2ccc(Cl)cc2)cc1. The molecule has 0 aliphatic rings. The number of hydrogen-bond acceptors (Lipinski definition) is 4. The fourth-order valence-corrected chi connectivity index (χ4v) is 2.50. The van der Waals surface area contributed by atoms with E-state index in [1.165, 1.54) is 12.1 Å². The summed E-state index contributed by atoms with van der Waals surface area (Å²) in [6.07, 6.45) is 1.14. The summed E-state index contributed by atoms with van der Waals surface area (Å²) < 4.78 is 22.7. The van der Waals surface area contributed by atoms with Gasteiger partial charge in [-0.05, 0) is 48.5 Å². The summed E-state index contributed by atoms with van der Waals surface area (Å²) in [7, 11) is -3.23. The molecule has 1 amide bonds. The molecule has 0 bridgehead atoms. The number of carbonyl (C=O) groups excluding carboxylic acids is 1. The van der Waals surface area contributed by atoms with E-state index in [0.717, 1.165) is 11.9 Å². The Bertz CT molecular complexity index is 756. The first-order valence-electron chi connectivity index (χ1n) is 6.44. The first-order valence-corrected chi connectivity index (χ1v) is 8.71. The van der Waals surface area contributed by atoms with Crippen LogP contribution in [0.5, 0.6) is 0 Å². The molecule has 2 rings (SSSR count). The van der Waals surface area contributed by atoms with Gasteiger partial charge in [0.1, 0.15) is 0 Å². The molecule has 22 heavy (non-hydrogen) atoms. The van der Waals surface area contributed by atoms with Crippen LogP contribution >= 0.6 is 11.6 Å². The lowest BCUT2D eigenvalue weighted by Crippen LogP contribution is -2.21. The molecule has 0 fully saturated rings. The van der Waals surface area contributed by atoms with Crippen LogP contribution in [0.3, 0.4) is 0 Å². The molecule has 0 atom stereocenters. The predicted octanol–water partition coefficient (Wildman–Crippen LogP) is 2.79. The number of carbonyl (C=O) groups is 1. The molecule has 2 aromatic carbocycles. The van der Waals surface area contributed by atoms with E-state index >= 15 is 0 Å². The highest BCUT2D eigenvalue weighted by Crippen LogP contribution is 2.15. The predicted molar refractivity (Wildman–Crippen MR) is 88.1 cm³/mol. The third-order valence-corrected chi connectivity index (χ3v) is 4.24. The molecule has 2 aromatic rings. The van der Waals surface area contributed by atoms with Crippen LogP contribution in [-0.4, -0.2) is 27.1 Å². The van der Waals surface area contributed by atoms with Gasteiger partial charge in [-0.25, -0.2) is 8.42 Å². The van der Waals surface area contributed by atoms with Gasteiger partial charge in [-0.15, -0.1) is 0 Å². The first kappa shape index (κ1) is 16.3. The van der Waals surface area contributed by atoms with Crippen molar-refractivity contribution in [3.05, 3.63) is 53.6 Å². The summed E-state index contributed by atoms with van der Waals surface area (Å²) >= 11 is 5.78. The second-order valence-corrected chi connectivity index (χ2v) is 7.16. The number of halogens is 1. The zero-order valence-electron chi connectivity index (χ0n) is 11.8. The zero-order chi connectivity index (χ0) is 16.2. The number of rotatable bonds is 5. The van der Waals surface area contributed by atoms with E-state index in [2.05, 4.69) is 10.6 Å². The molecule has 0 unspecified atom stereocenters. The summed E-state index contributed by atoms with van der Waals surface area (Å²) in [5.74, 6) is -0.234. The fraction of sp³-hybridized carbons (Fsp3) is 0.133. The lowest BCUT2D eigenvalue weighted by atomic mass is 10.3. The van der Waals surface area contributed by atoms with Gasteiger partial charge in [0.05, 0.1) is 11.4 Å². The number of sulfone groups is 1. The van der Waals surface area contributed by atoms with Gasteiger partial charge in [0.25, 0.3) is 0 Å². The summed E-state index contributed by atoms with van der Waals surface area (Å²) in [5, 5.41) is 6.27. The van der Waals surface area contributed by atoms with Gasteiger partial charge < -0.3 is 10.6 Å². The van der Waals surface area contributed by atoms with Crippen molar-refractivity contribution in [2.75, 3.05) is 23.4 Å². The topological polar surface area (TPSA) is 75.3 Å². The molecule has 116 valence electrons. The van der Waals surface area contributed by atoms with Crippen LogP contribution < -0.4 is 10.6 Å². The Balaban J connectivity index is 1.90. The molecule has 2 N–H and O–H groups in total. The van der Waals surface area contributed by atoms with E-state index in [0.29, 0.717) is 10.7 Å². The van der Waals surface area contributed by atoms with Crippen LogP contribution in [0, 0.1) is 0 Å². The third kappa shape index (κ3) is 4.75. The van der Waals surface area contributed by atoms with Crippen LogP contribution in [-0.2, 0) is 14.6 Å². The lowest BCUT2D eigenvalue weighted by molar-refractivity contribution is -0.114. The molecule has 0 saturated carbocycles. The number of benzene rings is 2. The molecule has 0 heterocycles. The number of hydrogen-bond donors (Lipinski definition) is 2. The van der Waals surface area contributed by atoms with Gasteiger partial charge in [-0.3, -0.25) is 4.79 Å². The van der Waals surface area contributed by atoms with Crippen molar-refractivity contribution >= 4 is 38.7 Å². The molecule has 0 spiro atoms. The van der Waals surface area contributed by atoms with Crippen LogP contribution in [0.4, 0.5) is 11.4 Å². The van der Waals surface area contributed by atoms with E-state index in [1.54, 1.807) is 36.4 Å². The van der Waals surface area contributed by atoms with Gasteiger partial charge in [-0.1, -0.05) is 11.6 Å². The van der Waals surface area contributed by atoms with Crippen molar-refractivity contribution in [3.63, 3.8) is 0 Å². The van der Waals surface area contributed by atoms with Crippen molar-refractivity contribution < 1.29 is 13.2 Å². The highest BCUT2D eigenvalue weighted by Gasteiger charge is 2.07. The minimum absolute atomic E-state index is 0.0927. The van der Waals surface area contributed by atoms with Crippen molar-refractivity contribution in [1.29, 1.82) is 0 Å². The summed E-state index contributed by atoms with van der Waals surface area (Å²) in [5.41, 5.74) is 1.32. The number of nitrogens with one attached hydrogen (secondary N) is 2. The van der Waals surface area contributed by atoms with Crippen molar-refractivity contribution in [2.45, 2.75) is 4.90 Å². The van der Waals surface area contributed by atoms with Crippen LogP contribution in [0.1, 0.15) is 0 Å². The smallest absolute Gasteiger partial charge is 0.243 e. The normalized spacial score (nSPS) is 11.0. The quantitative estimate of drug-likeness (QED) is 0.879. The molecule has 0 aliphatic carbocycles. The number of anilines is 2. The second kappa shape index (κ2) is 6.81. The summed E-state index contributed by atoms with van der Waals surface area (Å²) in [6, 6.07) is 13.0. The fourth-order valence-electron chi connectivity index (χ4n) is 1.74. The Labute approximate surface area is 134 Å². The minimum atomic E-state index is -3.23. The second-order valence-electron chi connectivity index (χ2n) is 4.71. The standard InChI is InChI=1S/C15H15ClN2O3S/c1-22(20,21)14-8-6-13(7-9-14)18-15(19)10-17-12-4-2-11(16)3-5-12/h2-9,17H,10H2,1H3,(H,18,19). The maximum absolute atomic E-state index is 11.8. The van der Waals surface area contributed by atoms with Crippen molar-refractivity contribution in [2.24, 2.45) is 0 Å². The van der Waals surface area contributed by atoms with E-state index in [9.17, 15) is 13.2 Å². The van der Waals surface area contributed by atoms with Crippen molar-refractivity contribution in [1.82, 2.24) is 0 Å². The van der Waals surface area contributed by atoms with Crippen molar-refractivity contribution in [3.8, 4) is 0 Å². The maximum Gasteiger partial charge on any atom is 0.243 e. The molecule has 0 radical (unpaired) electrons. The van der Waals surface area contributed by atoms with Gasteiger partial charge in [0.15, 0.2) is 9.84 Å². The largest absolute Gasteiger partial charge is 0.376 e. The lowest BCUT2D eigenvalue weighted by Gasteiger charge is -2.08.